The summed E-state index contributed by atoms with van der Waals surface area (Å²) in [6, 6.07) is 1.71. The fourth-order valence-corrected chi connectivity index (χ4v) is 2.51. The quantitative estimate of drug-likeness (QED) is 0.923. The molecule has 1 aliphatic rings. The van der Waals surface area contributed by atoms with E-state index in [1.165, 1.54) is 0 Å². The number of aromatic nitrogens is 3. The summed E-state index contributed by atoms with van der Waals surface area (Å²) in [6.07, 6.45) is 6.84. The first-order valence-corrected chi connectivity index (χ1v) is 6.97. The van der Waals surface area contributed by atoms with Crippen molar-refractivity contribution in [3.63, 3.8) is 0 Å². The first kappa shape index (κ1) is 13.5. The maximum Gasteiger partial charge on any atom is 0.230 e. The van der Waals surface area contributed by atoms with Crippen LogP contribution in [0.1, 0.15) is 18.6 Å². The van der Waals surface area contributed by atoms with Gasteiger partial charge in [0.05, 0.1) is 12.1 Å². The minimum absolute atomic E-state index is 0.0307. The van der Waals surface area contributed by atoms with Gasteiger partial charge in [0.25, 0.3) is 0 Å². The Bertz CT molecular complexity index is 613. The molecular formula is C14H17N5O2. The summed E-state index contributed by atoms with van der Waals surface area (Å²) in [5, 5.41) is 6.58. The number of piperidine rings is 1. The van der Waals surface area contributed by atoms with E-state index in [2.05, 4.69) is 25.3 Å². The lowest BCUT2D eigenvalue weighted by Crippen LogP contribution is -2.41. The highest BCUT2D eigenvalue weighted by molar-refractivity contribution is 5.92. The Balaban J connectivity index is 1.64. The standard InChI is InChI=1S/C14H17N5O2/c1-10-7-12(18-21-10)17-14(20)11-3-2-6-19(9-11)13-8-15-4-5-16-13/h4-5,7-8,11H,2-3,6,9H2,1H3,(H,17,18,20)/t11-/m0/s1. The molecule has 2 aromatic rings. The zero-order valence-electron chi connectivity index (χ0n) is 11.8. The molecule has 1 saturated heterocycles. The van der Waals surface area contributed by atoms with Crippen LogP contribution < -0.4 is 10.2 Å². The molecule has 0 radical (unpaired) electrons. The minimum atomic E-state index is -0.0854. The van der Waals surface area contributed by atoms with Crippen LogP contribution in [0.3, 0.4) is 0 Å². The van der Waals surface area contributed by atoms with Gasteiger partial charge in [-0.3, -0.25) is 9.78 Å². The van der Waals surface area contributed by atoms with Crippen LogP contribution in [-0.4, -0.2) is 34.1 Å². The number of nitrogens with one attached hydrogen (secondary N) is 1. The third-order valence-corrected chi connectivity index (χ3v) is 3.54. The van der Waals surface area contributed by atoms with E-state index in [0.29, 0.717) is 18.1 Å². The van der Waals surface area contributed by atoms with Gasteiger partial charge < -0.3 is 14.7 Å². The highest BCUT2D eigenvalue weighted by Crippen LogP contribution is 2.22. The Hall–Kier alpha value is -2.44. The number of aryl methyl sites for hydroxylation is 1. The molecule has 1 N–H and O–H groups in total. The molecule has 0 aliphatic carbocycles. The molecule has 110 valence electrons. The predicted molar refractivity (Wildman–Crippen MR) is 76.8 cm³/mol. The maximum atomic E-state index is 12.3. The summed E-state index contributed by atoms with van der Waals surface area (Å²) >= 11 is 0. The molecule has 1 amide bonds. The van der Waals surface area contributed by atoms with Crippen LogP contribution in [0.4, 0.5) is 11.6 Å². The molecule has 0 aromatic carbocycles. The molecule has 0 bridgehead atoms. The lowest BCUT2D eigenvalue weighted by molar-refractivity contribution is -0.120. The number of hydrogen-bond donors (Lipinski definition) is 1. The number of nitrogens with zero attached hydrogens (tertiary/aromatic N) is 4. The van der Waals surface area contributed by atoms with Crippen LogP contribution in [0.25, 0.3) is 0 Å². The number of amides is 1. The highest BCUT2D eigenvalue weighted by atomic mass is 16.5. The van der Waals surface area contributed by atoms with Crippen molar-refractivity contribution >= 4 is 17.5 Å². The minimum Gasteiger partial charge on any atom is -0.360 e. The monoisotopic (exact) mass is 287 g/mol. The van der Waals surface area contributed by atoms with Gasteiger partial charge in [0.1, 0.15) is 11.6 Å². The average molecular weight is 287 g/mol. The lowest BCUT2D eigenvalue weighted by atomic mass is 9.97. The number of rotatable bonds is 3. The fraction of sp³-hybridized carbons (Fsp3) is 0.429. The molecular weight excluding hydrogens is 270 g/mol. The summed E-state index contributed by atoms with van der Waals surface area (Å²) in [5.74, 6) is 1.84. The molecule has 7 nitrogen and oxygen atoms in total. The van der Waals surface area contributed by atoms with E-state index in [0.717, 1.165) is 25.2 Å². The molecule has 0 unspecified atom stereocenters. The zero-order valence-corrected chi connectivity index (χ0v) is 11.8. The highest BCUT2D eigenvalue weighted by Gasteiger charge is 2.27. The summed E-state index contributed by atoms with van der Waals surface area (Å²) < 4.78 is 4.95. The van der Waals surface area contributed by atoms with Crippen molar-refractivity contribution in [3.8, 4) is 0 Å². The number of anilines is 2. The van der Waals surface area contributed by atoms with E-state index in [1.54, 1.807) is 31.6 Å². The molecule has 1 atom stereocenters. The topological polar surface area (TPSA) is 84.2 Å². The first-order valence-electron chi connectivity index (χ1n) is 6.97. The average Bonchev–Trinajstić information content (AvgIpc) is 2.93. The molecule has 3 heterocycles. The molecule has 7 heteroatoms. The SMILES string of the molecule is Cc1cc(NC(=O)[C@H]2CCCN(c3cnccn3)C2)no1. The van der Waals surface area contributed by atoms with Gasteiger partial charge in [-0.1, -0.05) is 5.16 Å². The van der Waals surface area contributed by atoms with E-state index in [4.69, 9.17) is 4.52 Å². The Labute approximate surface area is 122 Å². The number of carbonyl (C=O) groups excluding carboxylic acids is 1. The molecule has 1 fully saturated rings. The molecule has 0 saturated carbocycles. The van der Waals surface area contributed by atoms with Gasteiger partial charge in [-0.05, 0) is 19.8 Å². The third-order valence-electron chi connectivity index (χ3n) is 3.54. The van der Waals surface area contributed by atoms with E-state index in [9.17, 15) is 4.79 Å². The van der Waals surface area contributed by atoms with Crippen LogP contribution >= 0.6 is 0 Å². The normalized spacial score (nSPS) is 18.5. The van der Waals surface area contributed by atoms with Gasteiger partial charge in [-0.2, -0.15) is 0 Å². The first-order chi connectivity index (χ1) is 10.2. The lowest BCUT2D eigenvalue weighted by Gasteiger charge is -2.32. The molecule has 21 heavy (non-hydrogen) atoms. The van der Waals surface area contributed by atoms with Crippen LogP contribution in [-0.2, 0) is 4.79 Å². The van der Waals surface area contributed by atoms with Gasteiger partial charge in [0.2, 0.25) is 5.91 Å². The van der Waals surface area contributed by atoms with Crippen molar-refractivity contribution in [3.05, 3.63) is 30.4 Å². The summed E-state index contributed by atoms with van der Waals surface area (Å²) in [4.78, 5) is 22.8. The number of carbonyl (C=O) groups is 1. The molecule has 2 aromatic heterocycles. The molecule has 1 aliphatic heterocycles. The van der Waals surface area contributed by atoms with Crippen LogP contribution in [0, 0.1) is 12.8 Å². The van der Waals surface area contributed by atoms with E-state index in [-0.39, 0.29) is 11.8 Å². The van der Waals surface area contributed by atoms with E-state index >= 15 is 0 Å². The van der Waals surface area contributed by atoms with Crippen molar-refractivity contribution in [2.45, 2.75) is 19.8 Å². The van der Waals surface area contributed by atoms with Crippen LogP contribution in [0.15, 0.2) is 29.2 Å². The Morgan fingerprint density at radius 1 is 1.48 bits per heavy atom. The van der Waals surface area contributed by atoms with Gasteiger partial charge in [0.15, 0.2) is 5.82 Å². The second-order valence-electron chi connectivity index (χ2n) is 5.16. The van der Waals surface area contributed by atoms with E-state index in [1.807, 2.05) is 0 Å². The van der Waals surface area contributed by atoms with Crippen LogP contribution in [0.2, 0.25) is 0 Å². The zero-order chi connectivity index (χ0) is 14.7. The second kappa shape index (κ2) is 5.90. The predicted octanol–water partition coefficient (Wildman–Crippen LogP) is 1.63. The van der Waals surface area contributed by atoms with Gasteiger partial charge >= 0.3 is 0 Å². The van der Waals surface area contributed by atoms with E-state index < -0.39 is 0 Å². The van der Waals surface area contributed by atoms with Crippen LogP contribution in [0.5, 0.6) is 0 Å². The van der Waals surface area contributed by atoms with Crippen molar-refractivity contribution < 1.29 is 9.32 Å². The largest absolute Gasteiger partial charge is 0.360 e. The van der Waals surface area contributed by atoms with Gasteiger partial charge in [-0.25, -0.2) is 4.98 Å². The fourth-order valence-electron chi connectivity index (χ4n) is 2.51. The van der Waals surface area contributed by atoms with Crippen molar-refractivity contribution in [2.24, 2.45) is 5.92 Å². The van der Waals surface area contributed by atoms with Crippen molar-refractivity contribution in [1.82, 2.24) is 15.1 Å². The number of hydrogen-bond acceptors (Lipinski definition) is 6. The third kappa shape index (κ3) is 3.18. The summed E-state index contributed by atoms with van der Waals surface area (Å²) in [7, 11) is 0. The second-order valence-corrected chi connectivity index (χ2v) is 5.16. The van der Waals surface area contributed by atoms with Crippen molar-refractivity contribution in [1.29, 1.82) is 0 Å². The Kier molecular flexibility index (Phi) is 3.81. The summed E-state index contributed by atoms with van der Waals surface area (Å²) in [5.41, 5.74) is 0. The smallest absolute Gasteiger partial charge is 0.230 e. The van der Waals surface area contributed by atoms with Gasteiger partial charge in [-0.15, -0.1) is 0 Å². The Morgan fingerprint density at radius 2 is 2.38 bits per heavy atom. The molecule has 3 rings (SSSR count). The Morgan fingerprint density at radius 3 is 3.10 bits per heavy atom. The van der Waals surface area contributed by atoms with Gasteiger partial charge in [0, 0.05) is 31.5 Å². The molecule has 0 spiro atoms. The summed E-state index contributed by atoms with van der Waals surface area (Å²) in [6.45, 7) is 3.33. The van der Waals surface area contributed by atoms with Crippen molar-refractivity contribution in [2.75, 3.05) is 23.3 Å². The maximum absolute atomic E-state index is 12.3.